The van der Waals surface area contributed by atoms with Crippen LogP contribution < -0.4 is 10.6 Å². The normalized spacial score (nSPS) is 21.4. The third kappa shape index (κ3) is 4.96. The Kier molecular flexibility index (Phi) is 6.88. The van der Waals surface area contributed by atoms with Crippen LogP contribution in [0.15, 0.2) is 11.2 Å². The van der Waals surface area contributed by atoms with Crippen LogP contribution in [-0.2, 0) is 17.6 Å². The van der Waals surface area contributed by atoms with Gasteiger partial charge in [-0.3, -0.25) is 9.79 Å². The summed E-state index contributed by atoms with van der Waals surface area (Å²) in [5.41, 5.74) is 0. The van der Waals surface area contributed by atoms with E-state index < -0.39 is 0 Å². The highest BCUT2D eigenvalue weighted by atomic mass is 32.1. The molecule has 26 heavy (non-hydrogen) atoms. The van der Waals surface area contributed by atoms with E-state index in [2.05, 4.69) is 27.5 Å². The van der Waals surface area contributed by atoms with Crippen molar-refractivity contribution in [2.45, 2.75) is 57.9 Å². The Morgan fingerprint density at radius 3 is 2.88 bits per heavy atom. The van der Waals surface area contributed by atoms with Gasteiger partial charge in [0.25, 0.3) is 0 Å². The highest BCUT2D eigenvalue weighted by Gasteiger charge is 2.32. The summed E-state index contributed by atoms with van der Waals surface area (Å²) in [6.07, 6.45) is 9.49. The number of aromatic nitrogens is 1. The number of hydrogen-bond donors (Lipinski definition) is 2. The lowest BCUT2D eigenvalue weighted by atomic mass is 10.1. The predicted molar refractivity (Wildman–Crippen MR) is 107 cm³/mol. The number of hydrogen-bond acceptors (Lipinski definition) is 4. The number of carbonyl (C=O) groups is 1. The average Bonchev–Trinajstić information content (AvgIpc) is 3.41. The number of nitrogens with one attached hydrogen (secondary N) is 2. The Bertz CT molecular complexity index is 623. The molecule has 1 aromatic rings. The molecule has 0 spiro atoms. The highest BCUT2D eigenvalue weighted by molar-refractivity contribution is 7.11. The first-order valence-corrected chi connectivity index (χ1v) is 10.7. The molecule has 0 aromatic carbocycles. The van der Waals surface area contributed by atoms with Crippen molar-refractivity contribution < 1.29 is 4.79 Å². The van der Waals surface area contributed by atoms with Gasteiger partial charge in [0.2, 0.25) is 5.91 Å². The average molecular weight is 378 g/mol. The molecule has 2 fully saturated rings. The second-order valence-corrected chi connectivity index (χ2v) is 8.42. The molecule has 1 atom stereocenters. The maximum Gasteiger partial charge on any atom is 0.225 e. The molecule has 2 N–H and O–H groups in total. The molecular formula is C19H31N5OS. The first-order chi connectivity index (χ1) is 12.7. The zero-order chi connectivity index (χ0) is 18.4. The molecule has 1 saturated carbocycles. The van der Waals surface area contributed by atoms with Crippen LogP contribution >= 0.6 is 11.3 Å². The van der Waals surface area contributed by atoms with Crippen LogP contribution in [-0.4, -0.2) is 54.5 Å². The fourth-order valence-corrected chi connectivity index (χ4v) is 4.67. The maximum absolute atomic E-state index is 12.6. The molecule has 0 bridgehead atoms. The van der Waals surface area contributed by atoms with E-state index in [0.29, 0.717) is 5.91 Å². The number of rotatable bonds is 6. The monoisotopic (exact) mass is 377 g/mol. The van der Waals surface area contributed by atoms with Gasteiger partial charge in [-0.1, -0.05) is 19.8 Å². The maximum atomic E-state index is 12.6. The number of aliphatic imine (C=N–C) groups is 1. The molecule has 7 heteroatoms. The Morgan fingerprint density at radius 2 is 2.19 bits per heavy atom. The number of carbonyl (C=O) groups excluding carboxylic acids is 1. The van der Waals surface area contributed by atoms with Crippen molar-refractivity contribution in [3.05, 3.63) is 16.1 Å². The first kappa shape index (κ1) is 19.1. The summed E-state index contributed by atoms with van der Waals surface area (Å²) in [6.45, 7) is 4.63. The first-order valence-electron chi connectivity index (χ1n) is 9.89. The third-order valence-electron chi connectivity index (χ3n) is 5.35. The van der Waals surface area contributed by atoms with E-state index in [4.69, 9.17) is 0 Å². The van der Waals surface area contributed by atoms with Gasteiger partial charge in [-0.2, -0.15) is 0 Å². The number of amides is 1. The molecule has 1 aliphatic heterocycles. The summed E-state index contributed by atoms with van der Waals surface area (Å²) in [4.78, 5) is 24.7. The predicted octanol–water partition coefficient (Wildman–Crippen LogP) is 2.20. The summed E-state index contributed by atoms with van der Waals surface area (Å²) in [5.74, 6) is 1.46. The number of likely N-dealkylation sites (tertiary alicyclic amines) is 1. The van der Waals surface area contributed by atoms with Gasteiger partial charge < -0.3 is 15.5 Å². The van der Waals surface area contributed by atoms with Gasteiger partial charge in [0.15, 0.2) is 5.96 Å². The van der Waals surface area contributed by atoms with E-state index in [1.165, 1.54) is 22.7 Å². The summed E-state index contributed by atoms with van der Waals surface area (Å²) < 4.78 is 0. The topological polar surface area (TPSA) is 69.6 Å². The molecule has 0 radical (unpaired) electrons. The summed E-state index contributed by atoms with van der Waals surface area (Å²) in [5, 5.41) is 8.01. The quantitative estimate of drug-likeness (QED) is 0.589. The zero-order valence-corrected chi connectivity index (χ0v) is 16.8. The van der Waals surface area contributed by atoms with E-state index in [-0.39, 0.29) is 12.0 Å². The van der Waals surface area contributed by atoms with Gasteiger partial charge in [0.1, 0.15) is 0 Å². The molecule has 1 aromatic heterocycles. The number of thiazole rings is 1. The summed E-state index contributed by atoms with van der Waals surface area (Å²) in [7, 11) is 1.80. The minimum absolute atomic E-state index is 0.275. The second-order valence-electron chi connectivity index (χ2n) is 7.22. The van der Waals surface area contributed by atoms with E-state index >= 15 is 0 Å². The van der Waals surface area contributed by atoms with Gasteiger partial charge in [0, 0.05) is 56.1 Å². The highest BCUT2D eigenvalue weighted by Crippen LogP contribution is 2.27. The molecular weight excluding hydrogens is 346 g/mol. The third-order valence-corrected chi connectivity index (χ3v) is 6.55. The van der Waals surface area contributed by atoms with E-state index in [0.717, 1.165) is 57.7 Å². The van der Waals surface area contributed by atoms with Crippen LogP contribution in [0, 0.1) is 5.92 Å². The Labute approximate surface area is 160 Å². The number of guanidine groups is 1. The molecule has 1 aliphatic carbocycles. The molecule has 1 amide bonds. The Morgan fingerprint density at radius 1 is 1.38 bits per heavy atom. The van der Waals surface area contributed by atoms with E-state index in [1.807, 2.05) is 11.1 Å². The van der Waals surface area contributed by atoms with Crippen LogP contribution in [0.4, 0.5) is 0 Å². The van der Waals surface area contributed by atoms with E-state index in [1.54, 1.807) is 18.4 Å². The van der Waals surface area contributed by atoms with Crippen LogP contribution in [0.5, 0.6) is 0 Å². The van der Waals surface area contributed by atoms with Gasteiger partial charge in [0.05, 0.1) is 5.01 Å². The number of aryl methyl sites for hydroxylation is 1. The fraction of sp³-hybridized carbons (Fsp3) is 0.737. The van der Waals surface area contributed by atoms with Gasteiger partial charge in [-0.25, -0.2) is 4.98 Å². The Balaban J connectivity index is 1.40. The number of nitrogens with zero attached hydrogens (tertiary/aromatic N) is 3. The van der Waals surface area contributed by atoms with Crippen molar-refractivity contribution in [3.8, 4) is 0 Å². The Hall–Kier alpha value is -1.63. The molecule has 2 heterocycles. The van der Waals surface area contributed by atoms with Crippen molar-refractivity contribution in [1.82, 2.24) is 20.5 Å². The molecule has 2 aliphatic rings. The van der Waals surface area contributed by atoms with Crippen LogP contribution in [0.25, 0.3) is 0 Å². The van der Waals surface area contributed by atoms with Crippen LogP contribution in [0.2, 0.25) is 0 Å². The lowest BCUT2D eigenvalue weighted by molar-refractivity contribution is -0.134. The molecule has 6 nitrogen and oxygen atoms in total. The molecule has 1 saturated heterocycles. The lowest BCUT2D eigenvalue weighted by Crippen LogP contribution is -2.45. The standard InChI is InChI=1S/C19H31N5OS/c1-3-16-12-22-17(26-16)8-10-21-19(20-2)23-15-9-11-24(13-15)18(25)14-6-4-5-7-14/h12,14-15H,3-11,13H2,1-2H3,(H2,20,21,23). The molecule has 3 rings (SSSR count). The summed E-state index contributed by atoms with van der Waals surface area (Å²) >= 11 is 1.78. The zero-order valence-electron chi connectivity index (χ0n) is 16.0. The lowest BCUT2D eigenvalue weighted by Gasteiger charge is -2.21. The van der Waals surface area contributed by atoms with Crippen molar-refractivity contribution in [1.29, 1.82) is 0 Å². The SMILES string of the molecule is CCc1cnc(CCNC(=NC)NC2CCN(C(=O)C3CCCC3)C2)s1. The second kappa shape index (κ2) is 9.35. The summed E-state index contributed by atoms with van der Waals surface area (Å²) in [6, 6.07) is 0.290. The fourth-order valence-electron chi connectivity index (χ4n) is 3.81. The van der Waals surface area contributed by atoms with Gasteiger partial charge >= 0.3 is 0 Å². The van der Waals surface area contributed by atoms with Crippen LogP contribution in [0.1, 0.15) is 48.9 Å². The minimum atomic E-state index is 0.275. The largest absolute Gasteiger partial charge is 0.356 e. The molecule has 1 unspecified atom stereocenters. The van der Waals surface area contributed by atoms with Crippen molar-refractivity contribution in [2.75, 3.05) is 26.7 Å². The van der Waals surface area contributed by atoms with Gasteiger partial charge in [-0.15, -0.1) is 11.3 Å². The van der Waals surface area contributed by atoms with Gasteiger partial charge in [-0.05, 0) is 25.7 Å². The van der Waals surface area contributed by atoms with Crippen molar-refractivity contribution in [2.24, 2.45) is 10.9 Å². The van der Waals surface area contributed by atoms with Crippen LogP contribution in [0.3, 0.4) is 0 Å². The minimum Gasteiger partial charge on any atom is -0.356 e. The molecule has 144 valence electrons. The van der Waals surface area contributed by atoms with E-state index in [9.17, 15) is 4.79 Å². The van der Waals surface area contributed by atoms with Crippen molar-refractivity contribution >= 4 is 23.2 Å². The van der Waals surface area contributed by atoms with Crippen molar-refractivity contribution in [3.63, 3.8) is 0 Å². The smallest absolute Gasteiger partial charge is 0.225 e.